The van der Waals surface area contributed by atoms with Gasteiger partial charge in [-0.3, -0.25) is 4.68 Å². The number of nitrogens with two attached hydrogens (primary N) is 1. The summed E-state index contributed by atoms with van der Waals surface area (Å²) < 4.78 is 15.4. The molecule has 0 aliphatic rings. The van der Waals surface area contributed by atoms with Crippen molar-refractivity contribution < 1.29 is 4.39 Å². The van der Waals surface area contributed by atoms with Crippen molar-refractivity contribution in [2.45, 2.75) is 19.4 Å². The Balaban J connectivity index is 2.18. The topological polar surface area (TPSA) is 43.8 Å². The van der Waals surface area contributed by atoms with Gasteiger partial charge in [-0.15, -0.1) is 0 Å². The van der Waals surface area contributed by atoms with E-state index in [0.29, 0.717) is 10.9 Å². The van der Waals surface area contributed by atoms with E-state index in [2.05, 4.69) is 21.0 Å². The lowest BCUT2D eigenvalue weighted by molar-refractivity contribution is 0.618. The number of hydrogen-bond acceptors (Lipinski definition) is 2. The maximum absolute atomic E-state index is 13.1. The van der Waals surface area contributed by atoms with Crippen LogP contribution in [-0.4, -0.2) is 9.78 Å². The largest absolute Gasteiger partial charge is 0.324 e. The molecular weight excluding hydrogens is 297 g/mol. The van der Waals surface area contributed by atoms with Gasteiger partial charge in [-0.2, -0.15) is 5.10 Å². The van der Waals surface area contributed by atoms with E-state index in [1.165, 1.54) is 6.07 Å². The molecule has 2 rings (SSSR count). The first kappa shape index (κ1) is 13.2. The molecule has 18 heavy (non-hydrogen) atoms. The van der Waals surface area contributed by atoms with Gasteiger partial charge in [0.1, 0.15) is 5.82 Å². The van der Waals surface area contributed by atoms with Crippen LogP contribution in [0.3, 0.4) is 0 Å². The first-order valence-electron chi connectivity index (χ1n) is 5.67. The average molecular weight is 312 g/mol. The Bertz CT molecular complexity index is 565. The number of nitrogens with zero attached hydrogens (tertiary/aromatic N) is 2. The Hall–Kier alpha value is -1.20. The molecule has 0 spiro atoms. The Kier molecular flexibility index (Phi) is 3.82. The molecule has 1 atom stereocenters. The van der Waals surface area contributed by atoms with Crippen LogP contribution in [0.15, 0.2) is 28.9 Å². The van der Waals surface area contributed by atoms with E-state index in [4.69, 9.17) is 5.73 Å². The molecule has 0 amide bonds. The van der Waals surface area contributed by atoms with E-state index in [1.807, 2.05) is 14.0 Å². The summed E-state index contributed by atoms with van der Waals surface area (Å²) in [4.78, 5) is 0. The minimum Gasteiger partial charge on any atom is -0.324 e. The summed E-state index contributed by atoms with van der Waals surface area (Å²) >= 11 is 3.18. The maximum Gasteiger partial charge on any atom is 0.137 e. The molecule has 2 N–H and O–H groups in total. The third kappa shape index (κ3) is 2.62. The zero-order valence-electron chi connectivity index (χ0n) is 10.3. The summed E-state index contributed by atoms with van der Waals surface area (Å²) in [5.41, 5.74) is 9.25. The van der Waals surface area contributed by atoms with Crippen molar-refractivity contribution >= 4 is 15.9 Å². The van der Waals surface area contributed by atoms with E-state index in [-0.39, 0.29) is 11.9 Å². The third-order valence-electron chi connectivity index (χ3n) is 3.11. The molecule has 0 saturated carbocycles. The lowest BCUT2D eigenvalue weighted by Gasteiger charge is -2.12. The Morgan fingerprint density at radius 1 is 1.50 bits per heavy atom. The van der Waals surface area contributed by atoms with Gasteiger partial charge in [0, 0.05) is 24.3 Å². The molecule has 1 heterocycles. The minimum absolute atomic E-state index is 0.129. The van der Waals surface area contributed by atoms with Gasteiger partial charge in [0.25, 0.3) is 0 Å². The predicted octanol–water partition coefficient (Wildman–Crippen LogP) is 2.87. The summed E-state index contributed by atoms with van der Waals surface area (Å²) in [5.74, 6) is -0.259. The van der Waals surface area contributed by atoms with Crippen LogP contribution in [0, 0.1) is 12.7 Å². The van der Waals surface area contributed by atoms with Gasteiger partial charge in [0.15, 0.2) is 0 Å². The number of benzene rings is 1. The fourth-order valence-corrected chi connectivity index (χ4v) is 2.34. The summed E-state index contributed by atoms with van der Waals surface area (Å²) in [6.45, 7) is 1.99. The minimum atomic E-state index is -0.259. The highest BCUT2D eigenvalue weighted by Crippen LogP contribution is 2.22. The Labute approximate surface area is 114 Å². The molecule has 3 nitrogen and oxygen atoms in total. The summed E-state index contributed by atoms with van der Waals surface area (Å²) in [6, 6.07) is 4.84. The molecule has 0 aliphatic carbocycles. The highest BCUT2D eigenvalue weighted by molar-refractivity contribution is 9.10. The van der Waals surface area contributed by atoms with E-state index in [9.17, 15) is 4.39 Å². The van der Waals surface area contributed by atoms with Crippen LogP contribution in [-0.2, 0) is 13.5 Å². The van der Waals surface area contributed by atoms with Crippen LogP contribution in [0.2, 0.25) is 0 Å². The molecule has 1 unspecified atom stereocenters. The first-order valence-corrected chi connectivity index (χ1v) is 6.46. The lowest BCUT2D eigenvalue weighted by atomic mass is 10.0. The lowest BCUT2D eigenvalue weighted by Crippen LogP contribution is -2.14. The van der Waals surface area contributed by atoms with Crippen LogP contribution in [0.5, 0.6) is 0 Å². The molecule has 5 heteroatoms. The van der Waals surface area contributed by atoms with E-state index >= 15 is 0 Å². The number of aryl methyl sites for hydroxylation is 1. The van der Waals surface area contributed by atoms with Gasteiger partial charge in [0.05, 0.1) is 10.7 Å². The van der Waals surface area contributed by atoms with Gasteiger partial charge in [-0.1, -0.05) is 6.07 Å². The molecule has 96 valence electrons. The summed E-state index contributed by atoms with van der Waals surface area (Å²) in [6.07, 6.45) is 2.45. The second-order valence-corrected chi connectivity index (χ2v) is 5.22. The van der Waals surface area contributed by atoms with Gasteiger partial charge in [-0.05, 0) is 47.0 Å². The third-order valence-corrected chi connectivity index (χ3v) is 3.72. The molecule has 2 aromatic rings. The van der Waals surface area contributed by atoms with Crippen molar-refractivity contribution in [3.63, 3.8) is 0 Å². The fourth-order valence-electron chi connectivity index (χ4n) is 1.91. The quantitative estimate of drug-likeness (QED) is 0.947. The van der Waals surface area contributed by atoms with Crippen molar-refractivity contribution in [3.05, 3.63) is 51.5 Å². The normalized spacial score (nSPS) is 12.7. The van der Waals surface area contributed by atoms with Crippen molar-refractivity contribution in [1.82, 2.24) is 9.78 Å². The van der Waals surface area contributed by atoms with Crippen molar-refractivity contribution in [2.75, 3.05) is 0 Å². The smallest absolute Gasteiger partial charge is 0.137 e. The van der Waals surface area contributed by atoms with Crippen LogP contribution < -0.4 is 5.73 Å². The molecule has 0 saturated heterocycles. The van der Waals surface area contributed by atoms with Crippen molar-refractivity contribution in [1.29, 1.82) is 0 Å². The molecule has 0 fully saturated rings. The summed E-state index contributed by atoms with van der Waals surface area (Å²) in [7, 11) is 1.89. The zero-order valence-corrected chi connectivity index (χ0v) is 11.9. The molecule has 0 aliphatic heterocycles. The highest BCUT2D eigenvalue weighted by atomic mass is 79.9. The van der Waals surface area contributed by atoms with Crippen molar-refractivity contribution in [3.8, 4) is 0 Å². The monoisotopic (exact) mass is 311 g/mol. The van der Waals surface area contributed by atoms with Crippen LogP contribution in [0.1, 0.15) is 22.9 Å². The standard InChI is InChI=1S/C13H15BrFN3/c1-8-10(7-17-18(8)2)13(16)6-9-3-4-12(15)11(14)5-9/h3-5,7,13H,6,16H2,1-2H3. The SMILES string of the molecule is Cc1c(C(N)Cc2ccc(F)c(Br)c2)cnn1C. The van der Waals surface area contributed by atoms with Gasteiger partial charge in [0.2, 0.25) is 0 Å². The van der Waals surface area contributed by atoms with Gasteiger partial charge < -0.3 is 5.73 Å². The number of aromatic nitrogens is 2. The molecular formula is C13H15BrFN3. The maximum atomic E-state index is 13.1. The predicted molar refractivity (Wildman–Crippen MR) is 72.7 cm³/mol. The molecule has 0 bridgehead atoms. The molecule has 1 aromatic heterocycles. The van der Waals surface area contributed by atoms with Gasteiger partial charge >= 0.3 is 0 Å². The van der Waals surface area contributed by atoms with Crippen LogP contribution in [0.25, 0.3) is 0 Å². The average Bonchev–Trinajstić information content (AvgIpc) is 2.65. The van der Waals surface area contributed by atoms with Crippen molar-refractivity contribution in [2.24, 2.45) is 12.8 Å². The second-order valence-electron chi connectivity index (χ2n) is 4.37. The van der Waals surface area contributed by atoms with Crippen LogP contribution >= 0.6 is 15.9 Å². The highest BCUT2D eigenvalue weighted by Gasteiger charge is 2.13. The molecule has 1 aromatic carbocycles. The summed E-state index contributed by atoms with van der Waals surface area (Å²) in [5, 5.41) is 4.18. The molecule has 0 radical (unpaired) electrons. The van der Waals surface area contributed by atoms with E-state index in [1.54, 1.807) is 23.0 Å². The Morgan fingerprint density at radius 3 is 2.78 bits per heavy atom. The number of hydrogen-bond donors (Lipinski definition) is 1. The first-order chi connectivity index (χ1) is 8.49. The number of rotatable bonds is 3. The zero-order chi connectivity index (χ0) is 13.3. The Morgan fingerprint density at radius 2 is 2.22 bits per heavy atom. The second kappa shape index (κ2) is 5.20. The van der Waals surface area contributed by atoms with Gasteiger partial charge in [-0.25, -0.2) is 4.39 Å². The number of halogens is 2. The fraction of sp³-hybridized carbons (Fsp3) is 0.308. The van der Waals surface area contributed by atoms with E-state index < -0.39 is 0 Å². The van der Waals surface area contributed by atoms with Crippen LogP contribution in [0.4, 0.5) is 4.39 Å². The van der Waals surface area contributed by atoms with E-state index in [0.717, 1.165) is 16.8 Å².